The zero-order valence-electron chi connectivity index (χ0n) is 46.1. The van der Waals surface area contributed by atoms with E-state index >= 15 is 0 Å². The van der Waals surface area contributed by atoms with Crippen LogP contribution < -0.4 is 16.0 Å². The zero-order valence-corrected chi connectivity index (χ0v) is 46.1. The molecule has 3 N–H and O–H groups in total. The number of benzene rings is 6. The van der Waals surface area contributed by atoms with Gasteiger partial charge in [-0.05, 0) is 72.5 Å². The summed E-state index contributed by atoms with van der Waals surface area (Å²) in [5, 5.41) is 36.3. The number of allylic oxidation sites excluding steroid dienone is 4. The molecule has 20 nitrogen and oxygen atoms in total. The number of fused-ring (bicyclic) bond motifs is 4. The highest BCUT2D eigenvalue weighted by molar-refractivity contribution is 6.24. The summed E-state index contributed by atoms with van der Waals surface area (Å²) in [6.07, 6.45) is 4.04. The summed E-state index contributed by atoms with van der Waals surface area (Å²) in [6.45, 7) is 4.07. The Kier molecular flexibility index (Phi) is 14.4. The predicted octanol–water partition coefficient (Wildman–Crippen LogP) is 11.7. The van der Waals surface area contributed by atoms with Gasteiger partial charge in [0.05, 0.1) is 40.2 Å². The maximum absolute atomic E-state index is 14.4. The Morgan fingerprint density at radius 2 is 0.930 bits per heavy atom. The van der Waals surface area contributed by atoms with E-state index in [1.54, 1.807) is 26.2 Å². The average molecular weight is 1140 g/mol. The van der Waals surface area contributed by atoms with Gasteiger partial charge in [-0.2, -0.15) is 19.6 Å². The smallest absolute Gasteiger partial charge is 0.396 e. The molecular weight excluding hydrogens is 1090 g/mol. The summed E-state index contributed by atoms with van der Waals surface area (Å²) in [7, 11) is 0. The third-order valence-corrected chi connectivity index (χ3v) is 14.4. The minimum atomic E-state index is -0.726. The SMILES string of the molecule is CCNC(=O)c1nnc(NC2=C(c3ccc4ncccc4c3)C(=O)n3nc(-c4ccccc4)c(-c4ccccc4)c3C2)o1.CCOC(=O)c1nnc(NC2=C(c3ccc4ncccc4c3)C(=O)n3nc(-c4ccccc4)c(-c4ccccc4)c3C2)o1. The molecule has 0 atom stereocenters. The molecule has 12 aromatic rings. The Morgan fingerprint density at radius 3 is 1.37 bits per heavy atom. The zero-order chi connectivity index (χ0) is 58.7. The molecule has 86 heavy (non-hydrogen) atoms. The van der Waals surface area contributed by atoms with Gasteiger partial charge in [0.2, 0.25) is 0 Å². The molecule has 0 fully saturated rings. The minimum absolute atomic E-state index is 0.00141. The Morgan fingerprint density at radius 1 is 0.500 bits per heavy atom. The van der Waals surface area contributed by atoms with E-state index in [1.165, 1.54) is 9.36 Å². The highest BCUT2D eigenvalue weighted by atomic mass is 16.5. The van der Waals surface area contributed by atoms with Crippen molar-refractivity contribution < 1.29 is 32.7 Å². The van der Waals surface area contributed by atoms with Crippen LogP contribution in [0.3, 0.4) is 0 Å². The summed E-state index contributed by atoms with van der Waals surface area (Å²) in [6, 6.07) is 58.2. The fourth-order valence-corrected chi connectivity index (χ4v) is 10.6. The number of nitrogens with one attached hydrogen (secondary N) is 3. The molecule has 0 aliphatic carbocycles. The van der Waals surface area contributed by atoms with Crippen LogP contribution in [0.5, 0.6) is 0 Å². The van der Waals surface area contributed by atoms with Crippen molar-refractivity contribution in [2.45, 2.75) is 26.7 Å². The van der Waals surface area contributed by atoms with Gasteiger partial charge in [-0.1, -0.05) is 161 Å². The standard InChI is InChI=1S/C33H25N7O3.C33H24N6O4/c1-2-34-30(41)31-37-38-33(43-31)36-25-19-26-28(20-10-5-3-6-11-20)29(21-12-7-4-8-13-21)39-40(26)32(42)27(25)23-15-16-24-22(18-23)14-9-17-35-24;1-2-42-32(41)30-36-37-33(43-30)35-25-19-26-28(20-10-5-3-6-11-20)29(21-12-7-4-8-13-21)38-39(26)31(40)27(25)23-15-16-24-22(18-23)14-9-17-34-24/h3-18H,2,19H2,1H3,(H,34,41)(H,36,38);3-18H,2,19H2,1H3,(H,35,37). The fourth-order valence-electron chi connectivity index (χ4n) is 10.6. The quantitative estimate of drug-likeness (QED) is 0.0856. The molecule has 14 rings (SSSR count). The molecule has 2 aliphatic rings. The predicted molar refractivity (Wildman–Crippen MR) is 322 cm³/mol. The van der Waals surface area contributed by atoms with Gasteiger partial charge in [-0.3, -0.25) is 24.4 Å². The highest BCUT2D eigenvalue weighted by Crippen LogP contribution is 2.42. The first-order valence-corrected chi connectivity index (χ1v) is 27.6. The maximum atomic E-state index is 14.4. The molecule has 8 heterocycles. The van der Waals surface area contributed by atoms with Crippen molar-refractivity contribution in [1.82, 2.24) is 55.2 Å². The van der Waals surface area contributed by atoms with Crippen LogP contribution in [0.25, 0.3) is 77.7 Å². The highest BCUT2D eigenvalue weighted by Gasteiger charge is 2.36. The molecule has 0 saturated heterocycles. The molecule has 0 spiro atoms. The fraction of sp³-hybridized carbons (Fsp3) is 0.0909. The van der Waals surface area contributed by atoms with E-state index in [0.29, 0.717) is 69.4 Å². The second-order valence-corrected chi connectivity index (χ2v) is 19.8. The van der Waals surface area contributed by atoms with Crippen LogP contribution in [0.4, 0.5) is 12.0 Å². The summed E-state index contributed by atoms with van der Waals surface area (Å²) < 4.78 is 19.2. The van der Waals surface area contributed by atoms with E-state index in [-0.39, 0.29) is 48.7 Å². The van der Waals surface area contributed by atoms with Crippen molar-refractivity contribution in [1.29, 1.82) is 0 Å². The first kappa shape index (κ1) is 53.5. The lowest BCUT2D eigenvalue weighted by atomic mass is 9.92. The minimum Gasteiger partial charge on any atom is -0.459 e. The van der Waals surface area contributed by atoms with E-state index in [9.17, 15) is 19.2 Å². The normalized spacial score (nSPS) is 12.8. The van der Waals surface area contributed by atoms with Crippen LogP contribution in [-0.4, -0.2) is 86.8 Å². The molecule has 6 aromatic heterocycles. The second-order valence-electron chi connectivity index (χ2n) is 19.8. The molecule has 0 bridgehead atoms. The molecular formula is C66H49N13O7. The van der Waals surface area contributed by atoms with Crippen molar-refractivity contribution in [3.8, 4) is 44.8 Å². The molecule has 20 heteroatoms. The maximum Gasteiger partial charge on any atom is 0.396 e. The van der Waals surface area contributed by atoms with Gasteiger partial charge in [0.15, 0.2) is 0 Å². The lowest BCUT2D eigenvalue weighted by Gasteiger charge is -2.22. The Hall–Kier alpha value is -11.8. The Balaban J connectivity index is 0.000000160. The second kappa shape index (κ2) is 23.2. The molecule has 2 aliphatic heterocycles. The molecule has 420 valence electrons. The summed E-state index contributed by atoms with van der Waals surface area (Å²) in [5.74, 6) is -2.29. The number of amides is 1. The average Bonchev–Trinajstić information content (AvgIpc) is 1.78. The lowest BCUT2D eigenvalue weighted by Crippen LogP contribution is -2.26. The van der Waals surface area contributed by atoms with Crippen molar-refractivity contribution in [2.24, 2.45) is 0 Å². The third kappa shape index (κ3) is 10.3. The number of carbonyl (C=O) groups is 4. The van der Waals surface area contributed by atoms with E-state index < -0.39 is 11.9 Å². The number of nitrogens with zero attached hydrogens (tertiary/aromatic N) is 10. The van der Waals surface area contributed by atoms with Crippen LogP contribution in [0.1, 0.15) is 67.3 Å². The number of ether oxygens (including phenoxy) is 1. The van der Waals surface area contributed by atoms with Gasteiger partial charge in [0, 0.05) is 76.2 Å². The Bertz CT molecular complexity index is 4350. The van der Waals surface area contributed by atoms with Crippen LogP contribution in [0.2, 0.25) is 0 Å². The monoisotopic (exact) mass is 1140 g/mol. The summed E-state index contributed by atoms with van der Waals surface area (Å²) >= 11 is 0. The number of rotatable bonds is 14. The van der Waals surface area contributed by atoms with Crippen molar-refractivity contribution in [3.05, 3.63) is 240 Å². The van der Waals surface area contributed by atoms with Gasteiger partial charge in [-0.15, -0.1) is 5.10 Å². The van der Waals surface area contributed by atoms with E-state index in [0.717, 1.165) is 55.2 Å². The summed E-state index contributed by atoms with van der Waals surface area (Å²) in [5.41, 5.74) is 13.0. The number of hydrogen-bond donors (Lipinski definition) is 3. The van der Waals surface area contributed by atoms with Crippen molar-refractivity contribution >= 4 is 68.7 Å². The number of aromatic nitrogens is 10. The number of hydrogen-bond acceptors (Lipinski definition) is 17. The van der Waals surface area contributed by atoms with Crippen molar-refractivity contribution in [2.75, 3.05) is 23.8 Å². The van der Waals surface area contributed by atoms with Crippen LogP contribution in [0.15, 0.2) is 215 Å². The van der Waals surface area contributed by atoms with Crippen molar-refractivity contribution in [3.63, 3.8) is 0 Å². The molecule has 0 radical (unpaired) electrons. The number of carbonyl (C=O) groups excluding carboxylic acids is 4. The lowest BCUT2D eigenvalue weighted by molar-refractivity contribution is 0.0481. The van der Waals surface area contributed by atoms with Gasteiger partial charge >= 0.3 is 35.7 Å². The third-order valence-electron chi connectivity index (χ3n) is 14.4. The van der Waals surface area contributed by atoms with E-state index in [2.05, 4.69) is 46.3 Å². The van der Waals surface area contributed by atoms with E-state index in [4.69, 9.17) is 23.8 Å². The molecule has 1 amide bonds. The van der Waals surface area contributed by atoms with Gasteiger partial charge < -0.3 is 29.5 Å². The largest absolute Gasteiger partial charge is 0.459 e. The van der Waals surface area contributed by atoms with Gasteiger partial charge in [0.25, 0.3) is 11.8 Å². The topological polar surface area (TPSA) is 253 Å². The van der Waals surface area contributed by atoms with Crippen LogP contribution >= 0.6 is 0 Å². The number of pyridine rings is 2. The molecule has 0 saturated carbocycles. The molecule has 0 unspecified atom stereocenters. The van der Waals surface area contributed by atoms with E-state index in [1.807, 2.05) is 182 Å². The van der Waals surface area contributed by atoms with Gasteiger partial charge in [-0.25, -0.2) is 4.79 Å². The first-order valence-electron chi connectivity index (χ1n) is 27.6. The molecule has 6 aromatic carbocycles. The van der Waals surface area contributed by atoms with Gasteiger partial charge in [0.1, 0.15) is 11.4 Å². The number of esters is 1. The van der Waals surface area contributed by atoms with Crippen LogP contribution in [0, 0.1) is 0 Å². The summed E-state index contributed by atoms with van der Waals surface area (Å²) in [4.78, 5) is 62.2. The van der Waals surface area contributed by atoms with Crippen LogP contribution in [-0.2, 0) is 17.6 Å². The number of anilines is 2. The first-order chi connectivity index (χ1) is 42.2. The Labute approximate surface area is 489 Å².